The van der Waals surface area contributed by atoms with Crippen LogP contribution >= 0.6 is 12.2 Å². The lowest BCUT2D eigenvalue weighted by Crippen LogP contribution is -2.55. The number of pyridine rings is 1. The molecule has 0 N–H and O–H groups in total. The van der Waals surface area contributed by atoms with Crippen LogP contribution < -0.4 is 9.80 Å². The monoisotopic (exact) mass is 387 g/mol. The van der Waals surface area contributed by atoms with Crippen LogP contribution in [0.3, 0.4) is 0 Å². The van der Waals surface area contributed by atoms with Gasteiger partial charge in [0.1, 0.15) is 5.54 Å². The highest BCUT2D eigenvalue weighted by Crippen LogP contribution is 2.48. The summed E-state index contributed by atoms with van der Waals surface area (Å²) in [4.78, 5) is 20.7. The van der Waals surface area contributed by atoms with Gasteiger partial charge in [-0.1, -0.05) is 24.3 Å². The fourth-order valence-corrected chi connectivity index (χ4v) is 4.61. The summed E-state index contributed by atoms with van der Waals surface area (Å²) in [6.07, 6.45) is 4.20. The molecule has 5 rings (SSSR count). The van der Waals surface area contributed by atoms with Gasteiger partial charge in [0, 0.05) is 11.8 Å². The minimum atomic E-state index is -0.609. The molecule has 3 aromatic rings. The maximum Gasteiger partial charge on any atom is 0.259 e. The predicted molar refractivity (Wildman–Crippen MR) is 112 cm³/mol. The number of nitrogens with zero attached hydrogens (tertiary/aromatic N) is 5. The lowest BCUT2D eigenvalue weighted by molar-refractivity contribution is -0.123. The number of carbonyl (C=O) groups excluding carboxylic acids is 1. The predicted octanol–water partition coefficient (Wildman–Crippen LogP) is 4.25. The van der Waals surface area contributed by atoms with Crippen molar-refractivity contribution in [3.8, 4) is 0 Å². The van der Waals surface area contributed by atoms with E-state index in [2.05, 4.69) is 9.94 Å². The molecule has 6 nitrogen and oxygen atoms in total. The van der Waals surface area contributed by atoms with Gasteiger partial charge in [0.05, 0.1) is 11.9 Å². The molecule has 7 heteroatoms. The number of aromatic nitrogens is 2. The van der Waals surface area contributed by atoms with Crippen LogP contribution in [0.4, 0.5) is 17.2 Å². The van der Waals surface area contributed by atoms with E-state index in [1.165, 1.54) is 0 Å². The van der Waals surface area contributed by atoms with Gasteiger partial charge >= 0.3 is 0 Å². The molecule has 0 atom stereocenters. The molecular formula is C21H17N5OS. The van der Waals surface area contributed by atoms with E-state index in [0.29, 0.717) is 22.1 Å². The maximum atomic E-state index is 13.6. The van der Waals surface area contributed by atoms with Gasteiger partial charge in [-0.15, -0.1) is 5.10 Å². The van der Waals surface area contributed by atoms with Crippen LogP contribution in [0.1, 0.15) is 24.8 Å². The first kappa shape index (κ1) is 16.9. The average Bonchev–Trinajstić information content (AvgIpc) is 3.23. The van der Waals surface area contributed by atoms with E-state index >= 15 is 0 Å². The Morgan fingerprint density at radius 1 is 1.14 bits per heavy atom. The van der Waals surface area contributed by atoms with Crippen molar-refractivity contribution >= 4 is 45.9 Å². The molecule has 1 aliphatic carbocycles. The summed E-state index contributed by atoms with van der Waals surface area (Å²) in [5.74, 6) is 0.401. The molecule has 1 spiro atoms. The van der Waals surface area contributed by atoms with Crippen molar-refractivity contribution in [2.75, 3.05) is 9.80 Å². The van der Waals surface area contributed by atoms with Crippen molar-refractivity contribution in [3.05, 3.63) is 65.6 Å². The zero-order valence-corrected chi connectivity index (χ0v) is 16.1. The van der Waals surface area contributed by atoms with E-state index in [1.807, 2.05) is 42.2 Å². The first-order valence-electron chi connectivity index (χ1n) is 9.16. The van der Waals surface area contributed by atoms with Crippen molar-refractivity contribution in [1.82, 2.24) is 9.61 Å². The van der Waals surface area contributed by atoms with Crippen LogP contribution in [0, 0.1) is 13.5 Å². The summed E-state index contributed by atoms with van der Waals surface area (Å²) in [7, 11) is 0. The highest BCUT2D eigenvalue weighted by Gasteiger charge is 2.59. The van der Waals surface area contributed by atoms with Crippen LogP contribution in [0.25, 0.3) is 10.4 Å². The molecule has 2 aromatic heterocycles. The van der Waals surface area contributed by atoms with E-state index in [-0.39, 0.29) is 5.91 Å². The minimum Gasteiger partial charge on any atom is -0.362 e. The second-order valence-electron chi connectivity index (χ2n) is 7.30. The SMILES string of the molecule is [C-]#[N+]c1ccc(N2C(=O)C3(CCC3)N(c3ccc(C)cc3)C2=S)c2ccnn12. The van der Waals surface area contributed by atoms with E-state index in [9.17, 15) is 4.79 Å². The molecule has 138 valence electrons. The number of hydrogen-bond acceptors (Lipinski definition) is 3. The fourth-order valence-electron chi connectivity index (χ4n) is 4.15. The van der Waals surface area contributed by atoms with E-state index in [1.54, 1.807) is 27.7 Å². The summed E-state index contributed by atoms with van der Waals surface area (Å²) in [6.45, 7) is 9.38. The van der Waals surface area contributed by atoms with Crippen molar-refractivity contribution in [3.63, 3.8) is 0 Å². The number of fused-ring (bicyclic) bond motifs is 1. The lowest BCUT2D eigenvalue weighted by atomic mass is 9.75. The van der Waals surface area contributed by atoms with Crippen LogP contribution in [0.15, 0.2) is 48.7 Å². The zero-order chi connectivity index (χ0) is 19.5. The van der Waals surface area contributed by atoms with Gasteiger partial charge in [0.2, 0.25) is 0 Å². The Bertz CT molecular complexity index is 1170. The van der Waals surface area contributed by atoms with Crippen LogP contribution in [-0.4, -0.2) is 26.2 Å². The quantitative estimate of drug-likeness (QED) is 0.487. The Balaban J connectivity index is 1.67. The minimum absolute atomic E-state index is 0.00277. The van der Waals surface area contributed by atoms with E-state index in [0.717, 1.165) is 30.5 Å². The van der Waals surface area contributed by atoms with E-state index in [4.69, 9.17) is 18.8 Å². The smallest absolute Gasteiger partial charge is 0.259 e. The Labute approximate surface area is 167 Å². The fraction of sp³-hybridized carbons (Fsp3) is 0.238. The van der Waals surface area contributed by atoms with Crippen molar-refractivity contribution in [2.45, 2.75) is 31.7 Å². The van der Waals surface area contributed by atoms with Gasteiger partial charge in [-0.05, 0) is 62.7 Å². The van der Waals surface area contributed by atoms with Gasteiger partial charge in [-0.25, -0.2) is 0 Å². The number of rotatable bonds is 2. The van der Waals surface area contributed by atoms with Crippen LogP contribution in [0.2, 0.25) is 0 Å². The largest absolute Gasteiger partial charge is 0.362 e. The molecule has 0 bridgehead atoms. The van der Waals surface area contributed by atoms with Crippen LogP contribution in [-0.2, 0) is 4.79 Å². The first-order chi connectivity index (χ1) is 13.6. The highest BCUT2D eigenvalue weighted by molar-refractivity contribution is 7.81. The molecule has 3 heterocycles. The molecule has 28 heavy (non-hydrogen) atoms. The zero-order valence-electron chi connectivity index (χ0n) is 15.3. The van der Waals surface area contributed by atoms with Gasteiger partial charge in [0.25, 0.3) is 11.7 Å². The Kier molecular flexibility index (Phi) is 3.55. The second-order valence-corrected chi connectivity index (χ2v) is 7.66. The number of carbonyl (C=O) groups is 1. The molecule has 1 amide bonds. The van der Waals surface area contributed by atoms with Gasteiger partial charge in [0.15, 0.2) is 10.6 Å². The molecule has 1 saturated heterocycles. The molecule has 1 saturated carbocycles. The van der Waals surface area contributed by atoms with Gasteiger partial charge in [-0.2, -0.15) is 4.52 Å². The number of amides is 1. The van der Waals surface area contributed by atoms with Crippen molar-refractivity contribution < 1.29 is 4.79 Å². The summed E-state index contributed by atoms with van der Waals surface area (Å²) in [5, 5.41) is 4.72. The third-order valence-corrected chi connectivity index (χ3v) is 6.12. The molecule has 0 unspecified atom stereocenters. The molecule has 2 aliphatic rings. The van der Waals surface area contributed by atoms with Crippen molar-refractivity contribution in [1.29, 1.82) is 0 Å². The Morgan fingerprint density at radius 3 is 2.54 bits per heavy atom. The Morgan fingerprint density at radius 2 is 1.89 bits per heavy atom. The summed E-state index contributed by atoms with van der Waals surface area (Å²) in [5.41, 5.74) is 2.86. The third-order valence-electron chi connectivity index (χ3n) is 5.75. The topological polar surface area (TPSA) is 45.2 Å². The number of benzene rings is 1. The highest BCUT2D eigenvalue weighted by atomic mass is 32.1. The summed E-state index contributed by atoms with van der Waals surface area (Å²) >= 11 is 5.82. The maximum absolute atomic E-state index is 13.6. The van der Waals surface area contributed by atoms with E-state index < -0.39 is 5.54 Å². The molecule has 1 aromatic carbocycles. The van der Waals surface area contributed by atoms with Crippen LogP contribution in [0.5, 0.6) is 0 Å². The summed E-state index contributed by atoms with van der Waals surface area (Å²) in [6, 6.07) is 13.4. The standard InChI is InChI=1S/C21H17N5OS/c1-14-4-6-15(7-5-14)25-20(28)24(19(27)21(25)11-3-12-21)16-8-9-18(22-2)26-17(16)10-13-23-26/h4-10,13H,3,11-12H2,1H3. The molecule has 1 aliphatic heterocycles. The summed E-state index contributed by atoms with van der Waals surface area (Å²) < 4.78 is 1.56. The van der Waals surface area contributed by atoms with Crippen molar-refractivity contribution in [2.24, 2.45) is 0 Å². The molecular weight excluding hydrogens is 370 g/mol. The Hall–Kier alpha value is -3.24. The second kappa shape index (κ2) is 5.88. The number of hydrogen-bond donors (Lipinski definition) is 0. The average molecular weight is 387 g/mol. The number of anilines is 2. The van der Waals surface area contributed by atoms with Gasteiger partial charge in [-0.3, -0.25) is 9.69 Å². The number of aryl methyl sites for hydroxylation is 1. The molecule has 2 fully saturated rings. The van der Waals surface area contributed by atoms with Gasteiger partial charge < -0.3 is 9.74 Å². The first-order valence-corrected chi connectivity index (χ1v) is 9.57. The number of thiocarbonyl (C=S) groups is 1. The lowest BCUT2D eigenvalue weighted by Gasteiger charge is -2.43. The normalized spacial score (nSPS) is 18.0. The molecule has 0 radical (unpaired) electrons. The third kappa shape index (κ3) is 2.09.